The lowest BCUT2D eigenvalue weighted by Crippen LogP contribution is -2.34. The molecule has 1 aliphatic heterocycles. The first kappa shape index (κ1) is 10.7. The van der Waals surface area contributed by atoms with E-state index in [1.54, 1.807) is 0 Å². The molecule has 0 amide bonds. The van der Waals surface area contributed by atoms with Crippen molar-refractivity contribution in [1.82, 2.24) is 5.32 Å². The van der Waals surface area contributed by atoms with Crippen molar-refractivity contribution in [3.63, 3.8) is 0 Å². The predicted molar refractivity (Wildman–Crippen MR) is 55.6 cm³/mol. The monoisotopic (exact) mass is 183 g/mol. The highest BCUT2D eigenvalue weighted by molar-refractivity contribution is 5.13. The molecule has 2 atom stereocenters. The molecule has 0 saturated carbocycles. The van der Waals surface area contributed by atoms with Gasteiger partial charge in [-0.2, -0.15) is 0 Å². The second-order valence-corrected chi connectivity index (χ2v) is 4.47. The Bertz CT molecular complexity index is 187. The smallest absolute Gasteiger partial charge is 0.0848 e. The van der Waals surface area contributed by atoms with Crippen LogP contribution in [0.25, 0.3) is 0 Å². The lowest BCUT2D eigenvalue weighted by atomic mass is 9.89. The Balaban J connectivity index is 2.49. The molecule has 0 radical (unpaired) electrons. The topological polar surface area (TPSA) is 32.3 Å². The zero-order valence-electron chi connectivity index (χ0n) is 8.88. The van der Waals surface area contributed by atoms with Gasteiger partial charge in [0.2, 0.25) is 0 Å². The summed E-state index contributed by atoms with van der Waals surface area (Å²) in [5, 5.41) is 12.6. The summed E-state index contributed by atoms with van der Waals surface area (Å²) in [4.78, 5) is 0. The highest BCUT2D eigenvalue weighted by Gasteiger charge is 2.15. The second kappa shape index (κ2) is 4.77. The average molecular weight is 183 g/mol. The quantitative estimate of drug-likeness (QED) is 0.651. The molecule has 0 aromatic heterocycles. The van der Waals surface area contributed by atoms with Crippen LogP contribution in [0.2, 0.25) is 0 Å². The van der Waals surface area contributed by atoms with Crippen LogP contribution in [-0.2, 0) is 0 Å². The summed E-state index contributed by atoms with van der Waals surface area (Å²) in [5.41, 5.74) is 1.37. The van der Waals surface area contributed by atoms with Crippen LogP contribution in [0.1, 0.15) is 27.2 Å². The Hall–Kier alpha value is -0.340. The molecule has 76 valence electrons. The van der Waals surface area contributed by atoms with E-state index in [1.807, 2.05) is 6.08 Å². The molecule has 2 heteroatoms. The first-order valence-electron chi connectivity index (χ1n) is 5.19. The van der Waals surface area contributed by atoms with E-state index in [9.17, 15) is 5.11 Å². The fourth-order valence-corrected chi connectivity index (χ4v) is 1.93. The Morgan fingerprint density at radius 2 is 2.23 bits per heavy atom. The molecule has 1 aliphatic rings. The number of β-amino-alcohol motifs (C(OH)–C–C–N with tert-alkyl or cyclic N) is 1. The molecule has 0 spiro atoms. The Morgan fingerprint density at radius 1 is 1.54 bits per heavy atom. The molecule has 0 aromatic carbocycles. The van der Waals surface area contributed by atoms with Gasteiger partial charge < -0.3 is 10.4 Å². The van der Waals surface area contributed by atoms with Gasteiger partial charge in [0.15, 0.2) is 0 Å². The molecule has 2 nitrogen and oxygen atoms in total. The van der Waals surface area contributed by atoms with Crippen molar-refractivity contribution in [2.24, 2.45) is 11.8 Å². The van der Waals surface area contributed by atoms with Gasteiger partial charge in [0, 0.05) is 13.1 Å². The summed E-state index contributed by atoms with van der Waals surface area (Å²) >= 11 is 0. The van der Waals surface area contributed by atoms with Gasteiger partial charge in [-0.1, -0.05) is 32.4 Å². The van der Waals surface area contributed by atoms with Gasteiger partial charge in [0.25, 0.3) is 0 Å². The van der Waals surface area contributed by atoms with Gasteiger partial charge in [-0.3, -0.25) is 0 Å². The molecular weight excluding hydrogens is 162 g/mol. The van der Waals surface area contributed by atoms with Crippen molar-refractivity contribution in [3.05, 3.63) is 11.6 Å². The summed E-state index contributed by atoms with van der Waals surface area (Å²) in [6.07, 6.45) is 2.95. The maximum atomic E-state index is 9.42. The average Bonchev–Trinajstić information content (AvgIpc) is 2.03. The molecule has 2 unspecified atom stereocenters. The molecule has 0 bridgehead atoms. The van der Waals surface area contributed by atoms with Crippen molar-refractivity contribution < 1.29 is 5.11 Å². The molecular formula is C11H21NO. The summed E-state index contributed by atoms with van der Waals surface area (Å²) in [5.74, 6) is 1.33. The van der Waals surface area contributed by atoms with Crippen LogP contribution in [0.15, 0.2) is 11.6 Å². The zero-order chi connectivity index (χ0) is 9.84. The Morgan fingerprint density at radius 3 is 2.77 bits per heavy atom. The van der Waals surface area contributed by atoms with Crippen LogP contribution in [0.4, 0.5) is 0 Å². The lowest BCUT2D eigenvalue weighted by Gasteiger charge is -2.24. The van der Waals surface area contributed by atoms with Crippen molar-refractivity contribution >= 4 is 0 Å². The molecule has 0 aliphatic carbocycles. The van der Waals surface area contributed by atoms with E-state index >= 15 is 0 Å². The van der Waals surface area contributed by atoms with Crippen molar-refractivity contribution in [3.8, 4) is 0 Å². The number of rotatable bonds is 3. The standard InChI is InChI=1S/C11H21NO/c1-8(2)4-9(3)10-5-11(13)7-12-6-10/h5,8-9,11-13H,4,6-7H2,1-3H3. The zero-order valence-corrected chi connectivity index (χ0v) is 8.88. The molecule has 0 aromatic rings. The minimum absolute atomic E-state index is 0.279. The van der Waals surface area contributed by atoms with E-state index in [0.717, 1.165) is 12.5 Å². The first-order chi connectivity index (χ1) is 6.09. The van der Waals surface area contributed by atoms with Gasteiger partial charge in [-0.15, -0.1) is 0 Å². The third-order valence-electron chi connectivity index (χ3n) is 2.55. The minimum atomic E-state index is -0.279. The Kier molecular flexibility index (Phi) is 3.94. The van der Waals surface area contributed by atoms with Crippen molar-refractivity contribution in [2.45, 2.75) is 33.3 Å². The van der Waals surface area contributed by atoms with Crippen molar-refractivity contribution in [1.29, 1.82) is 0 Å². The van der Waals surface area contributed by atoms with Crippen LogP contribution in [0.5, 0.6) is 0 Å². The summed E-state index contributed by atoms with van der Waals surface area (Å²) in [7, 11) is 0. The van der Waals surface area contributed by atoms with E-state index in [2.05, 4.69) is 26.1 Å². The summed E-state index contributed by atoms with van der Waals surface area (Å²) in [6, 6.07) is 0. The molecule has 1 heterocycles. The molecule has 1 rings (SSSR count). The minimum Gasteiger partial charge on any atom is -0.388 e. The van der Waals surface area contributed by atoms with E-state index in [1.165, 1.54) is 12.0 Å². The number of hydrogen-bond acceptors (Lipinski definition) is 2. The van der Waals surface area contributed by atoms with E-state index in [-0.39, 0.29) is 6.10 Å². The van der Waals surface area contributed by atoms with Crippen LogP contribution in [0, 0.1) is 11.8 Å². The maximum Gasteiger partial charge on any atom is 0.0848 e. The maximum absolute atomic E-state index is 9.42. The van der Waals surface area contributed by atoms with Gasteiger partial charge in [0.1, 0.15) is 0 Å². The van der Waals surface area contributed by atoms with Crippen LogP contribution in [0.3, 0.4) is 0 Å². The fourth-order valence-electron chi connectivity index (χ4n) is 1.93. The van der Waals surface area contributed by atoms with Crippen molar-refractivity contribution in [2.75, 3.05) is 13.1 Å². The summed E-state index contributed by atoms with van der Waals surface area (Å²) < 4.78 is 0. The number of aliphatic hydroxyl groups is 1. The van der Waals surface area contributed by atoms with Gasteiger partial charge in [-0.25, -0.2) is 0 Å². The first-order valence-corrected chi connectivity index (χ1v) is 5.19. The second-order valence-electron chi connectivity index (χ2n) is 4.47. The summed E-state index contributed by atoms with van der Waals surface area (Å²) in [6.45, 7) is 8.38. The van der Waals surface area contributed by atoms with E-state index in [4.69, 9.17) is 0 Å². The predicted octanol–water partition coefficient (Wildman–Crippen LogP) is 1.56. The fraction of sp³-hybridized carbons (Fsp3) is 0.818. The third-order valence-corrected chi connectivity index (χ3v) is 2.55. The molecule has 0 fully saturated rings. The SMILES string of the molecule is CC(C)CC(C)C1=CC(O)CNC1. The van der Waals surface area contributed by atoms with Gasteiger partial charge in [0.05, 0.1) is 6.10 Å². The molecule has 13 heavy (non-hydrogen) atoms. The Labute approximate surface area is 81.0 Å². The molecule has 2 N–H and O–H groups in total. The highest BCUT2D eigenvalue weighted by Crippen LogP contribution is 2.20. The third kappa shape index (κ3) is 3.49. The van der Waals surface area contributed by atoms with E-state index in [0.29, 0.717) is 12.5 Å². The number of nitrogens with one attached hydrogen (secondary N) is 1. The highest BCUT2D eigenvalue weighted by atomic mass is 16.3. The lowest BCUT2D eigenvalue weighted by molar-refractivity contribution is 0.210. The van der Waals surface area contributed by atoms with Gasteiger partial charge in [-0.05, 0) is 18.3 Å². The normalized spacial score (nSPS) is 25.9. The number of hydrogen-bond donors (Lipinski definition) is 2. The number of aliphatic hydroxyl groups excluding tert-OH is 1. The molecule has 0 saturated heterocycles. The van der Waals surface area contributed by atoms with E-state index < -0.39 is 0 Å². The largest absolute Gasteiger partial charge is 0.388 e. The van der Waals surface area contributed by atoms with Crippen LogP contribution >= 0.6 is 0 Å². The van der Waals surface area contributed by atoms with Gasteiger partial charge >= 0.3 is 0 Å². The van der Waals surface area contributed by atoms with Crippen LogP contribution in [-0.4, -0.2) is 24.3 Å². The van der Waals surface area contributed by atoms with Crippen LogP contribution < -0.4 is 5.32 Å².